The lowest BCUT2D eigenvalue weighted by Gasteiger charge is -2.02. The third-order valence-electron chi connectivity index (χ3n) is 3.09. The second kappa shape index (κ2) is 8.93. The third-order valence-corrected chi connectivity index (χ3v) is 5.19. The number of carbonyl (C=O) groups excluding carboxylic acids is 1. The van der Waals surface area contributed by atoms with Crippen molar-refractivity contribution in [3.05, 3.63) is 75.9 Å². The van der Waals surface area contributed by atoms with Gasteiger partial charge in [0.05, 0.1) is 10.7 Å². The van der Waals surface area contributed by atoms with Crippen LogP contribution in [0.5, 0.6) is 0 Å². The van der Waals surface area contributed by atoms with E-state index in [2.05, 4.69) is 31.8 Å². The Balaban J connectivity index is 1.57. The van der Waals surface area contributed by atoms with Gasteiger partial charge in [-0.2, -0.15) is 5.10 Å². The molecule has 26 heavy (non-hydrogen) atoms. The molecule has 0 saturated heterocycles. The molecule has 0 atom stereocenters. The van der Waals surface area contributed by atoms with E-state index in [1.54, 1.807) is 18.2 Å². The molecule has 5 nitrogen and oxygen atoms in total. The minimum absolute atomic E-state index is 0.436. The van der Waals surface area contributed by atoms with E-state index in [1.165, 1.54) is 18.0 Å². The van der Waals surface area contributed by atoms with Gasteiger partial charge < -0.3 is 9.73 Å². The molecule has 0 spiro atoms. The molecule has 2 amide bonds. The van der Waals surface area contributed by atoms with Crippen molar-refractivity contribution < 1.29 is 9.21 Å². The first-order valence-electron chi connectivity index (χ1n) is 7.48. The van der Waals surface area contributed by atoms with E-state index in [0.29, 0.717) is 21.6 Å². The summed E-state index contributed by atoms with van der Waals surface area (Å²) in [6.07, 6.45) is 1.43. The highest BCUT2D eigenvalue weighted by atomic mass is 79.9. The second-order valence-corrected chi connectivity index (χ2v) is 7.37. The highest BCUT2D eigenvalue weighted by molar-refractivity contribution is 9.10. The Morgan fingerprint density at radius 1 is 1.15 bits per heavy atom. The molecule has 0 fully saturated rings. The lowest BCUT2D eigenvalue weighted by Crippen LogP contribution is -2.24. The van der Waals surface area contributed by atoms with E-state index in [4.69, 9.17) is 16.0 Å². The summed E-state index contributed by atoms with van der Waals surface area (Å²) in [7, 11) is 0. The molecular weight excluding hydrogens is 438 g/mol. The van der Waals surface area contributed by atoms with E-state index < -0.39 is 6.03 Å². The largest absolute Gasteiger partial charge is 0.447 e. The SMILES string of the molecule is O=C(N/N=C/c1cc(Br)c(Sc2ccc(Cl)cc2)o1)Nc1ccccc1. The van der Waals surface area contributed by atoms with Crippen molar-refractivity contribution in [2.75, 3.05) is 5.32 Å². The lowest BCUT2D eigenvalue weighted by atomic mass is 10.3. The van der Waals surface area contributed by atoms with Gasteiger partial charge in [-0.3, -0.25) is 0 Å². The Morgan fingerprint density at radius 2 is 1.88 bits per heavy atom. The van der Waals surface area contributed by atoms with Crippen molar-refractivity contribution in [3.8, 4) is 0 Å². The van der Waals surface area contributed by atoms with Gasteiger partial charge in [0.25, 0.3) is 0 Å². The van der Waals surface area contributed by atoms with Crippen LogP contribution in [0.3, 0.4) is 0 Å². The summed E-state index contributed by atoms with van der Waals surface area (Å²) in [5.74, 6) is 0.508. The standard InChI is InChI=1S/C18H13BrClN3O2S/c19-16-10-14(25-17(16)26-15-8-6-12(20)7-9-15)11-21-23-18(24)22-13-4-2-1-3-5-13/h1-11H,(H2,22,23,24)/b21-11+. The van der Waals surface area contributed by atoms with Crippen molar-refractivity contribution in [1.82, 2.24) is 5.43 Å². The van der Waals surface area contributed by atoms with Crippen molar-refractivity contribution in [2.45, 2.75) is 9.99 Å². The van der Waals surface area contributed by atoms with Crippen LogP contribution in [0, 0.1) is 0 Å². The molecular formula is C18H13BrClN3O2S. The maximum absolute atomic E-state index is 11.8. The zero-order chi connectivity index (χ0) is 18.4. The molecule has 8 heteroatoms. The van der Waals surface area contributed by atoms with E-state index in [1.807, 2.05) is 42.5 Å². The molecule has 0 unspecified atom stereocenters. The van der Waals surface area contributed by atoms with Crippen LogP contribution < -0.4 is 10.7 Å². The van der Waals surface area contributed by atoms with Crippen LogP contribution >= 0.6 is 39.3 Å². The summed E-state index contributed by atoms with van der Waals surface area (Å²) >= 11 is 10.8. The molecule has 0 bridgehead atoms. The Kier molecular flexibility index (Phi) is 6.38. The van der Waals surface area contributed by atoms with Crippen molar-refractivity contribution in [1.29, 1.82) is 0 Å². The molecule has 0 aliphatic rings. The Bertz CT molecular complexity index is 914. The predicted octanol–water partition coefficient (Wildman–Crippen LogP) is 6.00. The number of rotatable bonds is 5. The number of para-hydroxylation sites is 1. The number of amides is 2. The number of hydrogen-bond acceptors (Lipinski definition) is 4. The van der Waals surface area contributed by atoms with Crippen molar-refractivity contribution in [2.24, 2.45) is 5.10 Å². The fourth-order valence-corrected chi connectivity index (χ4v) is 3.40. The zero-order valence-corrected chi connectivity index (χ0v) is 16.4. The maximum atomic E-state index is 11.8. The van der Waals surface area contributed by atoms with Crippen LogP contribution in [0.4, 0.5) is 10.5 Å². The van der Waals surface area contributed by atoms with E-state index in [9.17, 15) is 4.79 Å². The fourth-order valence-electron chi connectivity index (χ4n) is 1.95. The number of anilines is 1. The first-order valence-corrected chi connectivity index (χ1v) is 9.47. The number of nitrogens with zero attached hydrogens (tertiary/aromatic N) is 1. The summed E-state index contributed by atoms with van der Waals surface area (Å²) in [5, 5.41) is 7.91. The van der Waals surface area contributed by atoms with Gasteiger partial charge in [0, 0.05) is 21.7 Å². The van der Waals surface area contributed by atoms with Crippen LogP contribution in [-0.2, 0) is 0 Å². The minimum atomic E-state index is -0.436. The average Bonchev–Trinajstić information content (AvgIpc) is 2.97. The molecule has 1 heterocycles. The van der Waals surface area contributed by atoms with Crippen molar-refractivity contribution in [3.63, 3.8) is 0 Å². The van der Waals surface area contributed by atoms with Gasteiger partial charge in [-0.25, -0.2) is 10.2 Å². The first-order chi connectivity index (χ1) is 12.6. The number of halogens is 2. The summed E-state index contributed by atoms with van der Waals surface area (Å²) in [4.78, 5) is 12.7. The summed E-state index contributed by atoms with van der Waals surface area (Å²) in [6.45, 7) is 0. The number of nitrogens with one attached hydrogen (secondary N) is 2. The molecule has 3 rings (SSSR count). The number of furan rings is 1. The number of hydrogen-bond donors (Lipinski definition) is 2. The second-order valence-electron chi connectivity index (χ2n) is 5.03. The third kappa shape index (κ3) is 5.39. The van der Waals surface area contributed by atoms with E-state index >= 15 is 0 Å². The summed E-state index contributed by atoms with van der Waals surface area (Å²) in [6, 6.07) is 17.9. The number of benzene rings is 2. The topological polar surface area (TPSA) is 66.6 Å². The van der Waals surface area contributed by atoms with Crippen LogP contribution in [-0.4, -0.2) is 12.2 Å². The summed E-state index contributed by atoms with van der Waals surface area (Å²) in [5.41, 5.74) is 3.07. The molecule has 0 radical (unpaired) electrons. The number of hydrazone groups is 1. The average molecular weight is 451 g/mol. The van der Waals surface area contributed by atoms with Gasteiger partial charge in [-0.1, -0.05) is 41.6 Å². The fraction of sp³-hybridized carbons (Fsp3) is 0. The minimum Gasteiger partial charge on any atom is -0.447 e. The van der Waals surface area contributed by atoms with E-state index in [-0.39, 0.29) is 0 Å². The van der Waals surface area contributed by atoms with Gasteiger partial charge >= 0.3 is 6.03 Å². The van der Waals surface area contributed by atoms with E-state index in [0.717, 1.165) is 9.37 Å². The van der Waals surface area contributed by atoms with Gasteiger partial charge in [0.15, 0.2) is 5.09 Å². The van der Waals surface area contributed by atoms with Crippen molar-refractivity contribution >= 4 is 57.2 Å². The van der Waals surface area contributed by atoms with Crippen LogP contribution in [0.25, 0.3) is 0 Å². The lowest BCUT2D eigenvalue weighted by molar-refractivity contribution is 0.252. The molecule has 0 aliphatic heterocycles. The molecule has 132 valence electrons. The molecule has 2 N–H and O–H groups in total. The molecule has 1 aromatic heterocycles. The van der Waals surface area contributed by atoms with Gasteiger partial charge in [-0.15, -0.1) is 0 Å². The zero-order valence-electron chi connectivity index (χ0n) is 13.3. The molecule has 0 aliphatic carbocycles. The Hall–Kier alpha value is -2.22. The predicted molar refractivity (Wildman–Crippen MR) is 108 cm³/mol. The quantitative estimate of drug-likeness (QED) is 0.370. The molecule has 3 aromatic rings. The number of urea groups is 1. The van der Waals surface area contributed by atoms with Gasteiger partial charge in [-0.05, 0) is 52.3 Å². The smallest absolute Gasteiger partial charge is 0.339 e. The highest BCUT2D eigenvalue weighted by Crippen LogP contribution is 2.35. The molecule has 2 aromatic carbocycles. The number of carbonyl (C=O) groups is 1. The Labute approximate surface area is 167 Å². The van der Waals surface area contributed by atoms with Gasteiger partial charge in [0.1, 0.15) is 5.76 Å². The normalized spacial score (nSPS) is 10.8. The monoisotopic (exact) mass is 449 g/mol. The first kappa shape index (κ1) is 18.6. The maximum Gasteiger partial charge on any atom is 0.339 e. The Morgan fingerprint density at radius 3 is 2.62 bits per heavy atom. The van der Waals surface area contributed by atoms with Crippen LogP contribution in [0.15, 0.2) is 84.6 Å². The summed E-state index contributed by atoms with van der Waals surface area (Å²) < 4.78 is 6.51. The van der Waals surface area contributed by atoms with Gasteiger partial charge in [0.2, 0.25) is 0 Å². The highest BCUT2D eigenvalue weighted by Gasteiger charge is 2.10. The van der Waals surface area contributed by atoms with Crippen LogP contribution in [0.1, 0.15) is 5.76 Å². The van der Waals surface area contributed by atoms with Crippen LogP contribution in [0.2, 0.25) is 5.02 Å². The molecule has 0 saturated carbocycles.